The largest absolute Gasteiger partial charge is 0.497 e. The Labute approximate surface area is 162 Å². The first kappa shape index (κ1) is 19.1. The number of nitrogens with one attached hydrogen (secondary N) is 1. The smallest absolute Gasteiger partial charge is 0.271 e. The van der Waals surface area contributed by atoms with E-state index in [0.29, 0.717) is 22.6 Å². The van der Waals surface area contributed by atoms with Crippen LogP contribution in [0.15, 0.2) is 77.9 Å². The molecule has 6 heteroatoms. The van der Waals surface area contributed by atoms with E-state index in [1.807, 2.05) is 0 Å². The van der Waals surface area contributed by atoms with Crippen LogP contribution in [0.25, 0.3) is 0 Å². The molecule has 0 aliphatic heterocycles. The zero-order chi connectivity index (χ0) is 19.8. The molecule has 1 amide bonds. The summed E-state index contributed by atoms with van der Waals surface area (Å²) in [5.41, 5.74) is 4.23. The van der Waals surface area contributed by atoms with Crippen molar-refractivity contribution < 1.29 is 18.7 Å². The highest BCUT2D eigenvalue weighted by molar-refractivity contribution is 5.95. The van der Waals surface area contributed by atoms with Crippen LogP contribution in [0.2, 0.25) is 0 Å². The SMILES string of the molecule is COc1ccc(C(=O)N/N=C\c2ccc(OCc3ccccc3F)cc2)cc1. The lowest BCUT2D eigenvalue weighted by atomic mass is 10.2. The molecular weight excluding hydrogens is 359 g/mol. The third-order valence-corrected chi connectivity index (χ3v) is 3.96. The van der Waals surface area contributed by atoms with Crippen LogP contribution < -0.4 is 14.9 Å². The third-order valence-electron chi connectivity index (χ3n) is 3.96. The van der Waals surface area contributed by atoms with Crippen molar-refractivity contribution in [2.75, 3.05) is 7.11 Å². The van der Waals surface area contributed by atoms with E-state index in [9.17, 15) is 9.18 Å². The van der Waals surface area contributed by atoms with Crippen molar-refractivity contribution in [1.29, 1.82) is 0 Å². The minimum atomic E-state index is -0.316. The zero-order valence-electron chi connectivity index (χ0n) is 15.3. The quantitative estimate of drug-likeness (QED) is 0.496. The van der Waals surface area contributed by atoms with Crippen molar-refractivity contribution >= 4 is 12.1 Å². The third kappa shape index (κ3) is 5.17. The van der Waals surface area contributed by atoms with Gasteiger partial charge in [-0.25, -0.2) is 9.82 Å². The van der Waals surface area contributed by atoms with Crippen molar-refractivity contribution in [1.82, 2.24) is 5.43 Å². The molecule has 1 N–H and O–H groups in total. The Kier molecular flexibility index (Phi) is 6.36. The Morgan fingerprint density at radius 1 is 1.00 bits per heavy atom. The van der Waals surface area contributed by atoms with Gasteiger partial charge < -0.3 is 9.47 Å². The van der Waals surface area contributed by atoms with Gasteiger partial charge in [-0.15, -0.1) is 0 Å². The first-order chi connectivity index (χ1) is 13.7. The molecule has 0 saturated heterocycles. The number of hydrogen-bond acceptors (Lipinski definition) is 4. The summed E-state index contributed by atoms with van der Waals surface area (Å²) in [6, 6.07) is 20.3. The minimum absolute atomic E-state index is 0.151. The lowest BCUT2D eigenvalue weighted by molar-refractivity contribution is 0.0955. The Balaban J connectivity index is 1.51. The molecule has 0 unspecified atom stereocenters. The highest BCUT2D eigenvalue weighted by Crippen LogP contribution is 2.15. The molecule has 0 radical (unpaired) electrons. The van der Waals surface area contributed by atoms with Crippen LogP contribution in [0.5, 0.6) is 11.5 Å². The maximum absolute atomic E-state index is 13.6. The van der Waals surface area contributed by atoms with Gasteiger partial charge in [-0.2, -0.15) is 5.10 Å². The molecule has 0 atom stereocenters. The summed E-state index contributed by atoms with van der Waals surface area (Å²) in [7, 11) is 1.57. The lowest BCUT2D eigenvalue weighted by Gasteiger charge is -2.07. The monoisotopic (exact) mass is 378 g/mol. The second kappa shape index (κ2) is 9.32. The summed E-state index contributed by atoms with van der Waals surface area (Å²) in [6.45, 7) is 0.151. The van der Waals surface area contributed by atoms with E-state index in [4.69, 9.17) is 9.47 Å². The van der Waals surface area contributed by atoms with E-state index in [1.54, 1.807) is 73.8 Å². The Bertz CT molecular complexity index is 954. The molecule has 0 aliphatic rings. The van der Waals surface area contributed by atoms with Gasteiger partial charge in [0, 0.05) is 11.1 Å². The molecule has 0 bridgehead atoms. The first-order valence-electron chi connectivity index (χ1n) is 8.59. The van der Waals surface area contributed by atoms with E-state index in [2.05, 4.69) is 10.5 Å². The van der Waals surface area contributed by atoms with Crippen molar-refractivity contribution in [3.63, 3.8) is 0 Å². The number of amides is 1. The molecule has 0 aliphatic carbocycles. The molecule has 28 heavy (non-hydrogen) atoms. The molecule has 3 aromatic carbocycles. The van der Waals surface area contributed by atoms with Gasteiger partial charge in [-0.05, 0) is 60.2 Å². The highest BCUT2D eigenvalue weighted by Gasteiger charge is 2.04. The Hall–Kier alpha value is -3.67. The lowest BCUT2D eigenvalue weighted by Crippen LogP contribution is -2.17. The number of nitrogens with zero attached hydrogens (tertiary/aromatic N) is 1. The normalized spacial score (nSPS) is 10.6. The number of hydrogen-bond donors (Lipinski definition) is 1. The van der Waals surface area contributed by atoms with Gasteiger partial charge in [0.15, 0.2) is 0 Å². The number of halogens is 1. The van der Waals surface area contributed by atoms with E-state index >= 15 is 0 Å². The van der Waals surface area contributed by atoms with Gasteiger partial charge in [-0.1, -0.05) is 18.2 Å². The molecular formula is C22H19FN2O3. The number of methoxy groups -OCH3 is 1. The first-order valence-corrected chi connectivity index (χ1v) is 8.59. The fraction of sp³-hybridized carbons (Fsp3) is 0.0909. The molecule has 0 saturated carbocycles. The molecule has 0 spiro atoms. The number of rotatable bonds is 7. The number of carbonyl (C=O) groups excluding carboxylic acids is 1. The average molecular weight is 378 g/mol. The number of benzene rings is 3. The van der Waals surface area contributed by atoms with Crippen LogP contribution in [0.4, 0.5) is 4.39 Å². The number of ether oxygens (including phenoxy) is 2. The van der Waals surface area contributed by atoms with Crippen LogP contribution in [0.3, 0.4) is 0 Å². The predicted molar refractivity (Wildman–Crippen MR) is 105 cm³/mol. The molecule has 0 fully saturated rings. The van der Waals surface area contributed by atoms with E-state index < -0.39 is 0 Å². The van der Waals surface area contributed by atoms with Crippen LogP contribution in [0.1, 0.15) is 21.5 Å². The van der Waals surface area contributed by atoms with Crippen LogP contribution in [0, 0.1) is 5.82 Å². The van der Waals surface area contributed by atoms with E-state index in [-0.39, 0.29) is 18.3 Å². The second-order valence-electron chi connectivity index (χ2n) is 5.88. The molecule has 3 aromatic rings. The standard InChI is InChI=1S/C22H19FN2O3/c1-27-19-12-8-17(9-13-19)22(26)25-24-14-16-6-10-20(11-7-16)28-15-18-4-2-3-5-21(18)23/h2-14H,15H2,1H3,(H,25,26)/b24-14-. The van der Waals surface area contributed by atoms with Gasteiger partial charge in [0.2, 0.25) is 0 Å². The van der Waals surface area contributed by atoms with Crippen LogP contribution >= 0.6 is 0 Å². The summed E-state index contributed by atoms with van der Waals surface area (Å²) in [5.74, 6) is 0.683. The number of hydrazone groups is 1. The fourth-order valence-corrected chi connectivity index (χ4v) is 2.40. The molecule has 3 rings (SSSR count). The van der Waals surface area contributed by atoms with Crippen LogP contribution in [-0.2, 0) is 6.61 Å². The van der Waals surface area contributed by atoms with Crippen molar-refractivity contribution in [3.8, 4) is 11.5 Å². The van der Waals surface area contributed by atoms with E-state index in [1.165, 1.54) is 12.3 Å². The molecule has 142 valence electrons. The average Bonchev–Trinajstić information content (AvgIpc) is 2.74. The van der Waals surface area contributed by atoms with Gasteiger partial charge in [-0.3, -0.25) is 4.79 Å². The zero-order valence-corrected chi connectivity index (χ0v) is 15.3. The van der Waals surface area contributed by atoms with Gasteiger partial charge in [0.25, 0.3) is 5.91 Å². The second-order valence-corrected chi connectivity index (χ2v) is 5.88. The topological polar surface area (TPSA) is 59.9 Å². The van der Waals surface area contributed by atoms with Crippen LogP contribution in [-0.4, -0.2) is 19.2 Å². The Morgan fingerprint density at radius 3 is 2.36 bits per heavy atom. The number of carbonyl (C=O) groups is 1. The summed E-state index contributed by atoms with van der Waals surface area (Å²) in [6.07, 6.45) is 1.53. The van der Waals surface area contributed by atoms with Gasteiger partial charge in [0.1, 0.15) is 23.9 Å². The van der Waals surface area contributed by atoms with Gasteiger partial charge >= 0.3 is 0 Å². The molecule has 5 nitrogen and oxygen atoms in total. The van der Waals surface area contributed by atoms with Crippen molar-refractivity contribution in [2.24, 2.45) is 5.10 Å². The van der Waals surface area contributed by atoms with Crippen molar-refractivity contribution in [2.45, 2.75) is 6.61 Å². The summed E-state index contributed by atoms with van der Waals surface area (Å²) < 4.78 is 24.2. The summed E-state index contributed by atoms with van der Waals surface area (Å²) in [5, 5.41) is 3.95. The Morgan fingerprint density at radius 2 is 1.68 bits per heavy atom. The predicted octanol–water partition coefficient (Wildman–Crippen LogP) is 4.18. The maximum atomic E-state index is 13.6. The minimum Gasteiger partial charge on any atom is -0.497 e. The van der Waals surface area contributed by atoms with E-state index in [0.717, 1.165) is 5.56 Å². The highest BCUT2D eigenvalue weighted by atomic mass is 19.1. The van der Waals surface area contributed by atoms with Crippen molar-refractivity contribution in [3.05, 3.63) is 95.3 Å². The van der Waals surface area contributed by atoms with Gasteiger partial charge in [0.05, 0.1) is 13.3 Å². The molecule has 0 heterocycles. The summed E-state index contributed by atoms with van der Waals surface area (Å²) in [4.78, 5) is 12.0. The fourth-order valence-electron chi connectivity index (χ4n) is 2.40. The maximum Gasteiger partial charge on any atom is 0.271 e. The molecule has 0 aromatic heterocycles. The summed E-state index contributed by atoms with van der Waals surface area (Å²) >= 11 is 0.